The molecule has 10 heteroatoms. The maximum Gasteiger partial charge on any atom is 0.289 e. The smallest absolute Gasteiger partial charge is 0.289 e. The van der Waals surface area contributed by atoms with E-state index in [1.54, 1.807) is 9.80 Å². The third kappa shape index (κ3) is 4.68. The van der Waals surface area contributed by atoms with Crippen molar-refractivity contribution in [3.05, 3.63) is 45.1 Å². The van der Waals surface area contributed by atoms with Crippen LogP contribution < -0.4 is 5.32 Å². The Morgan fingerprint density at radius 1 is 1.32 bits per heavy atom. The molecule has 1 aromatic rings. The van der Waals surface area contributed by atoms with E-state index in [1.807, 2.05) is 6.07 Å². The first-order valence-electron chi connectivity index (χ1n) is 7.25. The Kier molecular flexibility index (Phi) is 5.92. The Morgan fingerprint density at radius 3 is 2.52 bits per heavy atom. The molecule has 0 unspecified atom stereocenters. The molecule has 1 aromatic carbocycles. The first-order valence-corrected chi connectivity index (χ1v) is 7.63. The number of benzene rings is 1. The molecule has 2 amide bonds. The SMILES string of the molecule is N#C/C(=C/N1CCN(C=O)CC1)C(=O)Nc1ccc(Cl)c([N+](=O)[O-])c1. The van der Waals surface area contributed by atoms with E-state index in [0.29, 0.717) is 26.2 Å². The third-order valence-corrected chi connectivity index (χ3v) is 3.89. The first kappa shape index (κ1) is 18.2. The number of nitro benzene ring substituents is 1. The zero-order chi connectivity index (χ0) is 18.4. The maximum atomic E-state index is 12.2. The van der Waals surface area contributed by atoms with Crippen molar-refractivity contribution in [1.29, 1.82) is 5.26 Å². The number of nitrogens with one attached hydrogen (secondary N) is 1. The number of anilines is 1. The second-order valence-electron chi connectivity index (χ2n) is 5.21. The van der Waals surface area contributed by atoms with Gasteiger partial charge in [-0.25, -0.2) is 0 Å². The van der Waals surface area contributed by atoms with Crippen molar-refractivity contribution in [3.63, 3.8) is 0 Å². The van der Waals surface area contributed by atoms with E-state index in [-0.39, 0.29) is 22.0 Å². The summed E-state index contributed by atoms with van der Waals surface area (Å²) in [6, 6.07) is 5.63. The third-order valence-electron chi connectivity index (χ3n) is 3.58. The largest absolute Gasteiger partial charge is 0.373 e. The Bertz CT molecular complexity index is 766. The van der Waals surface area contributed by atoms with E-state index in [1.165, 1.54) is 18.3 Å². The van der Waals surface area contributed by atoms with E-state index in [9.17, 15) is 25.0 Å². The van der Waals surface area contributed by atoms with Gasteiger partial charge in [-0.3, -0.25) is 19.7 Å². The lowest BCUT2D eigenvalue weighted by molar-refractivity contribution is -0.384. The zero-order valence-electron chi connectivity index (χ0n) is 13.0. The minimum atomic E-state index is -0.683. The summed E-state index contributed by atoms with van der Waals surface area (Å²) in [4.78, 5) is 36.5. The van der Waals surface area contributed by atoms with E-state index in [2.05, 4.69) is 5.32 Å². The fourth-order valence-corrected chi connectivity index (χ4v) is 2.41. The van der Waals surface area contributed by atoms with Crippen molar-refractivity contribution in [1.82, 2.24) is 9.80 Å². The molecule has 0 saturated carbocycles. The highest BCUT2D eigenvalue weighted by molar-refractivity contribution is 6.32. The van der Waals surface area contributed by atoms with Crippen molar-refractivity contribution in [2.24, 2.45) is 0 Å². The number of hydrogen-bond donors (Lipinski definition) is 1. The van der Waals surface area contributed by atoms with Crippen LogP contribution in [0.4, 0.5) is 11.4 Å². The summed E-state index contributed by atoms with van der Waals surface area (Å²) >= 11 is 5.72. The lowest BCUT2D eigenvalue weighted by atomic mass is 10.2. The van der Waals surface area contributed by atoms with Gasteiger partial charge < -0.3 is 15.1 Å². The van der Waals surface area contributed by atoms with Gasteiger partial charge in [0.15, 0.2) is 0 Å². The predicted molar refractivity (Wildman–Crippen MR) is 89.6 cm³/mol. The predicted octanol–water partition coefficient (Wildman–Crippen LogP) is 1.37. The molecule has 1 saturated heterocycles. The van der Waals surface area contributed by atoms with Gasteiger partial charge in [0.25, 0.3) is 11.6 Å². The van der Waals surface area contributed by atoms with Gasteiger partial charge in [-0.1, -0.05) is 11.6 Å². The molecule has 0 bridgehead atoms. The standard InChI is InChI=1S/C15H14ClN5O4/c16-13-2-1-12(7-14(13)21(24)25)18-15(23)11(8-17)9-19-3-5-20(10-22)6-4-19/h1-2,7,9-10H,3-6H2,(H,18,23)/b11-9-. The van der Waals surface area contributed by atoms with Crippen molar-refractivity contribution < 1.29 is 14.5 Å². The second kappa shape index (κ2) is 8.12. The number of amides is 2. The van der Waals surface area contributed by atoms with Gasteiger partial charge in [0.1, 0.15) is 16.7 Å². The number of carbonyl (C=O) groups excluding carboxylic acids is 2. The molecule has 9 nitrogen and oxygen atoms in total. The van der Waals surface area contributed by atoms with Crippen LogP contribution in [0.15, 0.2) is 30.0 Å². The monoisotopic (exact) mass is 363 g/mol. The van der Waals surface area contributed by atoms with Gasteiger partial charge in [-0.2, -0.15) is 5.26 Å². The highest BCUT2D eigenvalue weighted by Crippen LogP contribution is 2.27. The minimum Gasteiger partial charge on any atom is -0.373 e. The van der Waals surface area contributed by atoms with Crippen LogP contribution in [-0.2, 0) is 9.59 Å². The average Bonchev–Trinajstić information content (AvgIpc) is 2.61. The minimum absolute atomic E-state index is 0.0490. The molecule has 0 radical (unpaired) electrons. The summed E-state index contributed by atoms with van der Waals surface area (Å²) in [5.41, 5.74) is -0.322. The van der Waals surface area contributed by atoms with E-state index >= 15 is 0 Å². The van der Waals surface area contributed by atoms with Crippen molar-refractivity contribution in [2.45, 2.75) is 0 Å². The molecule has 25 heavy (non-hydrogen) atoms. The van der Waals surface area contributed by atoms with Gasteiger partial charge >= 0.3 is 0 Å². The Labute approximate surface area is 148 Å². The molecule has 0 aromatic heterocycles. The zero-order valence-corrected chi connectivity index (χ0v) is 13.8. The Hall–Kier alpha value is -3.12. The number of carbonyl (C=O) groups is 2. The van der Waals surface area contributed by atoms with Crippen LogP contribution in [0.25, 0.3) is 0 Å². The van der Waals surface area contributed by atoms with Crippen LogP contribution in [0, 0.1) is 21.4 Å². The van der Waals surface area contributed by atoms with Crippen LogP contribution in [0.5, 0.6) is 0 Å². The normalized spacial score (nSPS) is 14.6. The van der Waals surface area contributed by atoms with Gasteiger partial charge in [-0.15, -0.1) is 0 Å². The number of piperazine rings is 1. The Balaban J connectivity index is 2.09. The van der Waals surface area contributed by atoms with Crippen LogP contribution in [0.3, 0.4) is 0 Å². The topological polar surface area (TPSA) is 120 Å². The molecular weight excluding hydrogens is 350 g/mol. The molecule has 1 aliphatic heterocycles. The summed E-state index contributed by atoms with van der Waals surface area (Å²) < 4.78 is 0. The van der Waals surface area contributed by atoms with Crippen molar-refractivity contribution in [3.8, 4) is 6.07 Å². The van der Waals surface area contributed by atoms with Crippen LogP contribution in [-0.4, -0.2) is 53.2 Å². The molecule has 130 valence electrons. The highest BCUT2D eigenvalue weighted by Gasteiger charge is 2.18. The van der Waals surface area contributed by atoms with Crippen LogP contribution in [0.1, 0.15) is 0 Å². The summed E-state index contributed by atoms with van der Waals surface area (Å²) in [7, 11) is 0. The fourth-order valence-electron chi connectivity index (χ4n) is 2.22. The summed E-state index contributed by atoms with van der Waals surface area (Å²) in [6.45, 7) is 2.01. The maximum absolute atomic E-state index is 12.2. The molecule has 1 N–H and O–H groups in total. The molecular formula is C15H14ClN5O4. The lowest BCUT2D eigenvalue weighted by Crippen LogP contribution is -2.43. The van der Waals surface area contributed by atoms with E-state index < -0.39 is 10.8 Å². The summed E-state index contributed by atoms with van der Waals surface area (Å²) in [5, 5.41) is 22.5. The van der Waals surface area contributed by atoms with Crippen LogP contribution >= 0.6 is 11.6 Å². The number of nitro groups is 1. The molecule has 1 heterocycles. The summed E-state index contributed by atoms with van der Waals surface area (Å²) in [6.07, 6.45) is 2.17. The summed E-state index contributed by atoms with van der Waals surface area (Å²) in [5.74, 6) is -0.683. The van der Waals surface area contributed by atoms with Gasteiger partial charge in [0, 0.05) is 44.1 Å². The number of rotatable bonds is 5. The quantitative estimate of drug-likeness (QED) is 0.277. The fraction of sp³-hybridized carbons (Fsp3) is 0.267. The highest BCUT2D eigenvalue weighted by atomic mass is 35.5. The molecule has 0 spiro atoms. The number of halogens is 1. The molecule has 0 aliphatic carbocycles. The second-order valence-corrected chi connectivity index (χ2v) is 5.62. The molecule has 1 fully saturated rings. The van der Waals surface area contributed by atoms with Crippen molar-refractivity contribution >= 4 is 35.3 Å². The van der Waals surface area contributed by atoms with Gasteiger partial charge in [0.2, 0.25) is 6.41 Å². The Morgan fingerprint density at radius 2 is 1.96 bits per heavy atom. The molecule has 1 aliphatic rings. The van der Waals surface area contributed by atoms with Gasteiger partial charge in [0.05, 0.1) is 4.92 Å². The number of nitrogens with zero attached hydrogens (tertiary/aromatic N) is 4. The van der Waals surface area contributed by atoms with E-state index in [0.717, 1.165) is 12.5 Å². The van der Waals surface area contributed by atoms with Crippen molar-refractivity contribution in [2.75, 3.05) is 31.5 Å². The molecule has 2 rings (SSSR count). The van der Waals surface area contributed by atoms with Crippen LogP contribution in [0.2, 0.25) is 5.02 Å². The average molecular weight is 364 g/mol. The first-order chi connectivity index (χ1) is 11.9. The number of hydrogen-bond acceptors (Lipinski definition) is 6. The lowest BCUT2D eigenvalue weighted by Gasteiger charge is -2.31. The van der Waals surface area contributed by atoms with Gasteiger partial charge in [-0.05, 0) is 12.1 Å². The number of nitriles is 1. The van der Waals surface area contributed by atoms with E-state index in [4.69, 9.17) is 11.6 Å². The molecule has 0 atom stereocenters.